The summed E-state index contributed by atoms with van der Waals surface area (Å²) in [5, 5.41) is -0.378. The summed E-state index contributed by atoms with van der Waals surface area (Å²) in [6.07, 6.45) is 4.93. The van der Waals surface area contributed by atoms with Gasteiger partial charge in [0, 0.05) is 12.5 Å². The molecule has 1 aliphatic heterocycles. The monoisotopic (exact) mass is 346 g/mol. The zero-order chi connectivity index (χ0) is 17.1. The van der Waals surface area contributed by atoms with Crippen molar-refractivity contribution in [3.8, 4) is 5.75 Å². The highest BCUT2D eigenvalue weighted by molar-refractivity contribution is 6.30. The molecular formula is C18H17ClNO4+. The van der Waals surface area contributed by atoms with Crippen LogP contribution in [-0.2, 0) is 9.53 Å². The van der Waals surface area contributed by atoms with Gasteiger partial charge >= 0.3 is 12.1 Å². The second-order valence-electron chi connectivity index (χ2n) is 5.59. The number of nitrogens with zero attached hydrogens (tertiary/aromatic N) is 1. The van der Waals surface area contributed by atoms with Crippen LogP contribution in [-0.4, -0.2) is 40.9 Å². The van der Waals surface area contributed by atoms with E-state index in [1.807, 2.05) is 31.2 Å². The number of aryl methyl sites for hydroxylation is 1. The van der Waals surface area contributed by atoms with Crippen molar-refractivity contribution in [1.82, 2.24) is 0 Å². The number of carbonyl (C=O) groups is 2. The van der Waals surface area contributed by atoms with Gasteiger partial charge in [-0.1, -0.05) is 23.8 Å². The third-order valence-electron chi connectivity index (χ3n) is 3.77. The van der Waals surface area contributed by atoms with E-state index in [0.29, 0.717) is 30.9 Å². The van der Waals surface area contributed by atoms with Gasteiger partial charge in [-0.3, -0.25) is 0 Å². The van der Waals surface area contributed by atoms with Gasteiger partial charge in [-0.15, -0.1) is 16.2 Å². The molecule has 1 amide bonds. The van der Waals surface area contributed by atoms with Crippen molar-refractivity contribution in [2.75, 3.05) is 13.2 Å². The Hall–Kier alpha value is -2.40. The maximum Gasteiger partial charge on any atom is 0.605 e. The van der Waals surface area contributed by atoms with E-state index in [2.05, 4.69) is 0 Å². The van der Waals surface area contributed by atoms with Crippen LogP contribution in [0, 0.1) is 6.92 Å². The maximum atomic E-state index is 12.0. The summed E-state index contributed by atoms with van der Waals surface area (Å²) in [4.78, 5) is 23.8. The summed E-state index contributed by atoms with van der Waals surface area (Å²) in [5.41, 5.74) is 2.03. The predicted octanol–water partition coefficient (Wildman–Crippen LogP) is 3.00. The predicted molar refractivity (Wildman–Crippen MR) is 89.8 cm³/mol. The standard InChI is InChI=1S/C18H17ClNO4/c1-12-3-6-14(7-4-12)23-10-2-9-20-16-8-5-13(19)11-15(16)17(21)24-18(20)22/h3-8,11,13H,2,9-10H2,1H3/q+1. The lowest BCUT2D eigenvalue weighted by molar-refractivity contribution is -0.446. The third kappa shape index (κ3) is 3.57. The molecule has 124 valence electrons. The van der Waals surface area contributed by atoms with Gasteiger partial charge in [-0.25, -0.2) is 4.79 Å². The number of rotatable bonds is 5. The van der Waals surface area contributed by atoms with Crippen molar-refractivity contribution in [3.63, 3.8) is 0 Å². The highest BCUT2D eigenvalue weighted by Crippen LogP contribution is 2.19. The van der Waals surface area contributed by atoms with Crippen molar-refractivity contribution in [3.05, 3.63) is 53.6 Å². The average Bonchev–Trinajstić information content (AvgIpc) is 2.56. The fraction of sp³-hybridized carbons (Fsp3) is 0.278. The Morgan fingerprint density at radius 1 is 1.25 bits per heavy atom. The summed E-state index contributed by atoms with van der Waals surface area (Å²) in [5.74, 6) is 0.130. The molecule has 1 aliphatic carbocycles. The molecule has 0 spiro atoms. The molecule has 3 rings (SSSR count). The Kier molecular flexibility index (Phi) is 4.81. The zero-order valence-corrected chi connectivity index (χ0v) is 14.0. The Balaban J connectivity index is 1.65. The van der Waals surface area contributed by atoms with Crippen LogP contribution in [0.4, 0.5) is 4.79 Å². The van der Waals surface area contributed by atoms with Gasteiger partial charge in [0.1, 0.15) is 11.3 Å². The Morgan fingerprint density at radius 2 is 2.00 bits per heavy atom. The summed E-state index contributed by atoms with van der Waals surface area (Å²) in [7, 11) is 0. The van der Waals surface area contributed by atoms with E-state index in [1.54, 1.807) is 18.2 Å². The number of benzene rings is 1. The van der Waals surface area contributed by atoms with Crippen LogP contribution >= 0.6 is 11.6 Å². The van der Waals surface area contributed by atoms with Crippen LogP contribution in [0.3, 0.4) is 0 Å². The molecule has 6 heteroatoms. The highest BCUT2D eigenvalue weighted by atomic mass is 35.5. The highest BCUT2D eigenvalue weighted by Gasteiger charge is 2.40. The third-order valence-corrected chi connectivity index (χ3v) is 4.04. The lowest BCUT2D eigenvalue weighted by Crippen LogP contribution is -2.40. The van der Waals surface area contributed by atoms with Crippen LogP contribution < -0.4 is 4.74 Å². The van der Waals surface area contributed by atoms with Gasteiger partial charge in [-0.05, 0) is 25.1 Å². The second-order valence-corrected chi connectivity index (χ2v) is 6.10. The van der Waals surface area contributed by atoms with E-state index >= 15 is 0 Å². The van der Waals surface area contributed by atoms with Gasteiger partial charge in [-0.2, -0.15) is 4.79 Å². The van der Waals surface area contributed by atoms with Gasteiger partial charge < -0.3 is 9.47 Å². The Bertz CT molecular complexity index is 762. The molecule has 0 saturated heterocycles. The quantitative estimate of drug-likeness (QED) is 0.270. The molecule has 0 N–H and O–H groups in total. The zero-order valence-electron chi connectivity index (χ0n) is 13.2. The number of allylic oxidation sites excluding steroid dienone is 3. The van der Waals surface area contributed by atoms with Crippen molar-refractivity contribution >= 4 is 29.4 Å². The van der Waals surface area contributed by atoms with E-state index < -0.39 is 12.1 Å². The number of alkyl halides is 1. The van der Waals surface area contributed by atoms with Crippen LogP contribution in [0.1, 0.15) is 12.0 Å². The molecule has 24 heavy (non-hydrogen) atoms. The van der Waals surface area contributed by atoms with Crippen LogP contribution in [0.15, 0.2) is 48.1 Å². The second kappa shape index (κ2) is 7.01. The number of fused-ring (bicyclic) bond motifs is 1. The van der Waals surface area contributed by atoms with E-state index in [1.165, 1.54) is 10.1 Å². The topological polar surface area (TPSA) is 55.6 Å². The molecule has 1 unspecified atom stereocenters. The first kappa shape index (κ1) is 16.5. The Morgan fingerprint density at radius 3 is 2.75 bits per heavy atom. The molecule has 0 saturated carbocycles. The molecule has 0 fully saturated rings. The normalized spacial score (nSPS) is 19.8. The minimum Gasteiger partial charge on any atom is -0.493 e. The number of esters is 1. The lowest BCUT2D eigenvalue weighted by Gasteiger charge is -2.16. The molecule has 5 nitrogen and oxygen atoms in total. The molecule has 2 aliphatic rings. The minimum absolute atomic E-state index is 0.330. The first-order valence-corrected chi connectivity index (χ1v) is 8.13. The molecule has 1 heterocycles. The molecule has 1 atom stereocenters. The largest absolute Gasteiger partial charge is 0.605 e. The molecule has 0 radical (unpaired) electrons. The van der Waals surface area contributed by atoms with Crippen LogP contribution in [0.5, 0.6) is 5.75 Å². The SMILES string of the molecule is Cc1ccc(OCCC[N+]2=C3C=CC(Cl)C=C3C(=O)OC2=O)cc1. The summed E-state index contributed by atoms with van der Waals surface area (Å²) in [6, 6.07) is 7.77. The van der Waals surface area contributed by atoms with Gasteiger partial charge in [0.15, 0.2) is 6.54 Å². The maximum absolute atomic E-state index is 12.0. The summed E-state index contributed by atoms with van der Waals surface area (Å²) >= 11 is 5.98. The summed E-state index contributed by atoms with van der Waals surface area (Å²) < 4.78 is 11.9. The molecule has 0 aromatic heterocycles. The molecule has 0 bridgehead atoms. The molecular weight excluding hydrogens is 330 g/mol. The molecule has 1 aromatic rings. The molecule has 1 aromatic carbocycles. The number of ether oxygens (including phenoxy) is 2. The van der Waals surface area contributed by atoms with E-state index in [-0.39, 0.29) is 5.38 Å². The number of halogens is 1. The van der Waals surface area contributed by atoms with E-state index in [4.69, 9.17) is 21.1 Å². The van der Waals surface area contributed by atoms with Crippen molar-refractivity contribution in [1.29, 1.82) is 0 Å². The number of hydrogen-bond acceptors (Lipinski definition) is 4. The Labute approximate surface area is 144 Å². The number of hydrogen-bond donors (Lipinski definition) is 0. The van der Waals surface area contributed by atoms with Crippen LogP contribution in [0.2, 0.25) is 0 Å². The van der Waals surface area contributed by atoms with Crippen molar-refractivity contribution in [2.45, 2.75) is 18.7 Å². The smallest absolute Gasteiger partial charge is 0.493 e. The van der Waals surface area contributed by atoms with E-state index in [9.17, 15) is 9.59 Å². The fourth-order valence-electron chi connectivity index (χ4n) is 2.53. The van der Waals surface area contributed by atoms with E-state index in [0.717, 1.165) is 5.75 Å². The van der Waals surface area contributed by atoms with Crippen molar-refractivity contribution < 1.29 is 23.6 Å². The van der Waals surface area contributed by atoms with Gasteiger partial charge in [0.2, 0.25) is 5.71 Å². The summed E-state index contributed by atoms with van der Waals surface area (Å²) in [6.45, 7) is 2.86. The number of amides is 1. The first-order chi connectivity index (χ1) is 11.5. The number of carbonyl (C=O) groups excluding carboxylic acids is 2. The van der Waals surface area contributed by atoms with Crippen LogP contribution in [0.25, 0.3) is 0 Å². The fourth-order valence-corrected chi connectivity index (χ4v) is 2.73. The van der Waals surface area contributed by atoms with Crippen molar-refractivity contribution in [2.24, 2.45) is 0 Å². The lowest BCUT2D eigenvalue weighted by atomic mass is 10.0. The number of cyclic esters (lactones) is 2. The first-order valence-electron chi connectivity index (χ1n) is 7.69. The van der Waals surface area contributed by atoms with Gasteiger partial charge in [0.05, 0.1) is 12.0 Å². The van der Waals surface area contributed by atoms with Gasteiger partial charge in [0.25, 0.3) is 0 Å². The minimum atomic E-state index is -0.667. The average molecular weight is 347 g/mol.